The highest BCUT2D eigenvalue weighted by Gasteiger charge is 2.31. The maximum absolute atomic E-state index is 14.5. The lowest BCUT2D eigenvalue weighted by molar-refractivity contribution is 0.0628. The number of halogens is 2. The van der Waals surface area contributed by atoms with Crippen molar-refractivity contribution in [2.24, 2.45) is 0 Å². The number of hydrogen-bond acceptors (Lipinski definition) is 5. The van der Waals surface area contributed by atoms with E-state index in [0.717, 1.165) is 5.56 Å². The summed E-state index contributed by atoms with van der Waals surface area (Å²) in [5.41, 5.74) is 0.873. The summed E-state index contributed by atoms with van der Waals surface area (Å²) in [5.74, 6) is -0.444. The molecule has 0 aliphatic carbocycles. The normalized spacial score (nSPS) is 16.6. The highest BCUT2D eigenvalue weighted by molar-refractivity contribution is 5.95. The second-order valence-electron chi connectivity index (χ2n) is 5.69. The minimum Gasteiger partial charge on any atom is -0.493 e. The number of carbonyl (C=O) groups is 1. The second kappa shape index (κ2) is 8.82. The maximum Gasteiger partial charge on any atom is 0.257 e. The van der Waals surface area contributed by atoms with Crippen LogP contribution in [-0.4, -0.2) is 49.6 Å². The van der Waals surface area contributed by atoms with Crippen molar-refractivity contribution < 1.29 is 18.7 Å². The zero-order valence-electron chi connectivity index (χ0n) is 14.6. The van der Waals surface area contributed by atoms with Crippen molar-refractivity contribution in [2.45, 2.75) is 6.04 Å². The van der Waals surface area contributed by atoms with E-state index in [2.05, 4.69) is 10.3 Å². The number of carbonyl (C=O) groups excluding carboxylic acids is 1. The number of methoxy groups -OCH3 is 2. The van der Waals surface area contributed by atoms with E-state index in [1.807, 2.05) is 12.1 Å². The van der Waals surface area contributed by atoms with Gasteiger partial charge in [0.05, 0.1) is 25.8 Å². The summed E-state index contributed by atoms with van der Waals surface area (Å²) in [6.45, 7) is 1.72. The molecule has 1 amide bonds. The second-order valence-corrected chi connectivity index (χ2v) is 5.69. The number of pyridine rings is 1. The van der Waals surface area contributed by atoms with Gasteiger partial charge in [0.1, 0.15) is 5.82 Å². The zero-order chi connectivity index (χ0) is 17.8. The van der Waals surface area contributed by atoms with Crippen LogP contribution in [-0.2, 0) is 0 Å². The molecule has 2 aromatic rings. The SMILES string of the molecule is COc1cc(F)c(C(=O)N2CCNCC2c2cccnc2)cc1OC.Cl. The lowest BCUT2D eigenvalue weighted by Gasteiger charge is -2.36. The molecular formula is C18H21ClFN3O3. The molecule has 1 saturated heterocycles. The minimum absolute atomic E-state index is 0. The first-order chi connectivity index (χ1) is 12.2. The average molecular weight is 382 g/mol. The van der Waals surface area contributed by atoms with Crippen molar-refractivity contribution in [3.63, 3.8) is 0 Å². The van der Waals surface area contributed by atoms with E-state index in [1.54, 1.807) is 17.3 Å². The van der Waals surface area contributed by atoms with Crippen LogP contribution in [0.25, 0.3) is 0 Å². The number of nitrogens with zero attached hydrogens (tertiary/aromatic N) is 2. The largest absolute Gasteiger partial charge is 0.493 e. The van der Waals surface area contributed by atoms with Crippen LogP contribution in [0.3, 0.4) is 0 Å². The van der Waals surface area contributed by atoms with Gasteiger partial charge in [-0.2, -0.15) is 0 Å². The average Bonchev–Trinajstić information content (AvgIpc) is 2.67. The fourth-order valence-corrected chi connectivity index (χ4v) is 2.99. The summed E-state index contributed by atoms with van der Waals surface area (Å²) in [6.07, 6.45) is 3.41. The van der Waals surface area contributed by atoms with Gasteiger partial charge in [0, 0.05) is 38.1 Å². The third kappa shape index (κ3) is 3.89. The highest BCUT2D eigenvalue weighted by atomic mass is 35.5. The molecule has 1 unspecified atom stereocenters. The third-order valence-electron chi connectivity index (χ3n) is 4.28. The van der Waals surface area contributed by atoms with Gasteiger partial charge < -0.3 is 19.7 Å². The molecule has 0 spiro atoms. The van der Waals surface area contributed by atoms with Crippen LogP contribution in [0, 0.1) is 5.82 Å². The molecule has 140 valence electrons. The predicted octanol–water partition coefficient (Wildman–Crippen LogP) is 2.45. The number of aromatic nitrogens is 1. The number of nitrogens with one attached hydrogen (secondary N) is 1. The van der Waals surface area contributed by atoms with Crippen LogP contribution >= 0.6 is 12.4 Å². The Morgan fingerprint density at radius 1 is 1.31 bits per heavy atom. The fraction of sp³-hybridized carbons (Fsp3) is 0.333. The number of piperazine rings is 1. The smallest absolute Gasteiger partial charge is 0.257 e. The van der Waals surface area contributed by atoms with Crippen LogP contribution in [0.15, 0.2) is 36.7 Å². The van der Waals surface area contributed by atoms with E-state index >= 15 is 0 Å². The topological polar surface area (TPSA) is 63.7 Å². The van der Waals surface area contributed by atoms with Gasteiger partial charge in [-0.05, 0) is 17.7 Å². The molecule has 1 fully saturated rings. The van der Waals surface area contributed by atoms with E-state index in [1.165, 1.54) is 26.4 Å². The maximum atomic E-state index is 14.5. The fourth-order valence-electron chi connectivity index (χ4n) is 2.99. The van der Waals surface area contributed by atoms with E-state index in [0.29, 0.717) is 25.4 Å². The Kier molecular flexibility index (Phi) is 6.76. The standard InChI is InChI=1S/C18H20FN3O3.ClH/c1-24-16-8-13(14(19)9-17(16)25-2)18(23)22-7-6-21-11-15(22)12-4-3-5-20-10-12;/h3-5,8-10,15,21H,6-7,11H2,1-2H3;1H. The van der Waals surface area contributed by atoms with Crippen molar-refractivity contribution in [1.29, 1.82) is 0 Å². The Morgan fingerprint density at radius 3 is 2.69 bits per heavy atom. The van der Waals surface area contributed by atoms with Crippen LogP contribution in [0.2, 0.25) is 0 Å². The Morgan fingerprint density at radius 2 is 2.04 bits per heavy atom. The number of hydrogen-bond donors (Lipinski definition) is 1. The zero-order valence-corrected chi connectivity index (χ0v) is 15.4. The van der Waals surface area contributed by atoms with Gasteiger partial charge >= 0.3 is 0 Å². The van der Waals surface area contributed by atoms with E-state index in [4.69, 9.17) is 9.47 Å². The van der Waals surface area contributed by atoms with Crippen molar-refractivity contribution in [1.82, 2.24) is 15.2 Å². The summed E-state index contributed by atoms with van der Waals surface area (Å²) >= 11 is 0. The van der Waals surface area contributed by atoms with Gasteiger partial charge in [-0.25, -0.2) is 4.39 Å². The summed E-state index contributed by atoms with van der Waals surface area (Å²) in [7, 11) is 2.88. The van der Waals surface area contributed by atoms with Crippen molar-refractivity contribution >= 4 is 18.3 Å². The number of rotatable bonds is 4. The van der Waals surface area contributed by atoms with E-state index in [9.17, 15) is 9.18 Å². The first-order valence-corrected chi connectivity index (χ1v) is 7.99. The molecule has 1 aliphatic rings. The molecule has 0 bridgehead atoms. The van der Waals surface area contributed by atoms with Crippen molar-refractivity contribution in [3.05, 3.63) is 53.6 Å². The van der Waals surface area contributed by atoms with Crippen molar-refractivity contribution in [3.8, 4) is 11.5 Å². The van der Waals surface area contributed by atoms with Gasteiger partial charge in [0.2, 0.25) is 0 Å². The molecule has 1 N–H and O–H groups in total. The highest BCUT2D eigenvalue weighted by Crippen LogP contribution is 2.32. The van der Waals surface area contributed by atoms with Crippen LogP contribution in [0.1, 0.15) is 22.0 Å². The molecule has 26 heavy (non-hydrogen) atoms. The Balaban J connectivity index is 0.00000243. The first kappa shape index (κ1) is 19.9. The lowest BCUT2D eigenvalue weighted by atomic mass is 10.0. The summed E-state index contributed by atoms with van der Waals surface area (Å²) < 4.78 is 24.8. The van der Waals surface area contributed by atoms with E-state index in [-0.39, 0.29) is 35.7 Å². The lowest BCUT2D eigenvalue weighted by Crippen LogP contribution is -2.48. The monoisotopic (exact) mass is 381 g/mol. The van der Waals surface area contributed by atoms with E-state index < -0.39 is 5.82 Å². The molecule has 1 atom stereocenters. The van der Waals surface area contributed by atoms with Gasteiger partial charge in [-0.1, -0.05) is 6.07 Å². The third-order valence-corrected chi connectivity index (χ3v) is 4.28. The molecule has 1 aliphatic heterocycles. The number of amides is 1. The van der Waals surface area contributed by atoms with Gasteiger partial charge in [0.25, 0.3) is 5.91 Å². The molecule has 8 heteroatoms. The minimum atomic E-state index is -0.633. The molecular weight excluding hydrogens is 361 g/mol. The Hall–Kier alpha value is -2.38. The van der Waals surface area contributed by atoms with Crippen LogP contribution in [0.4, 0.5) is 4.39 Å². The molecule has 6 nitrogen and oxygen atoms in total. The number of benzene rings is 1. The summed E-state index contributed by atoms with van der Waals surface area (Å²) in [4.78, 5) is 18.8. The quantitative estimate of drug-likeness (QED) is 0.881. The molecule has 1 aromatic carbocycles. The van der Waals surface area contributed by atoms with Crippen molar-refractivity contribution in [2.75, 3.05) is 33.9 Å². The van der Waals surface area contributed by atoms with Gasteiger partial charge in [0.15, 0.2) is 11.5 Å². The summed E-state index contributed by atoms with van der Waals surface area (Å²) in [6, 6.07) is 6.09. The molecule has 0 radical (unpaired) electrons. The molecule has 3 rings (SSSR count). The van der Waals surface area contributed by atoms with Crippen LogP contribution < -0.4 is 14.8 Å². The first-order valence-electron chi connectivity index (χ1n) is 7.99. The molecule has 0 saturated carbocycles. The van der Waals surface area contributed by atoms with Crippen LogP contribution in [0.5, 0.6) is 11.5 Å². The number of ether oxygens (including phenoxy) is 2. The predicted molar refractivity (Wildman–Crippen MR) is 97.6 cm³/mol. The summed E-state index contributed by atoms with van der Waals surface area (Å²) in [5, 5.41) is 3.26. The molecule has 2 heterocycles. The van der Waals surface area contributed by atoms with Gasteiger partial charge in [-0.3, -0.25) is 9.78 Å². The Labute approximate surface area is 157 Å². The Bertz CT molecular complexity index is 761. The van der Waals surface area contributed by atoms with Gasteiger partial charge in [-0.15, -0.1) is 12.4 Å². The molecule has 1 aromatic heterocycles.